The Morgan fingerprint density at radius 2 is 2.00 bits per heavy atom. The van der Waals surface area contributed by atoms with E-state index < -0.39 is 0 Å². The lowest BCUT2D eigenvalue weighted by molar-refractivity contribution is -0.114. The zero-order valence-electron chi connectivity index (χ0n) is 14.8. The fourth-order valence-electron chi connectivity index (χ4n) is 2.82. The van der Waals surface area contributed by atoms with Crippen molar-refractivity contribution < 1.29 is 14.3 Å². The maximum Gasteiger partial charge on any atom is 0.251 e. The molecule has 1 fully saturated rings. The van der Waals surface area contributed by atoms with Crippen molar-refractivity contribution in [1.82, 2.24) is 5.32 Å². The Bertz CT molecular complexity index is 807. The Morgan fingerprint density at radius 3 is 2.78 bits per heavy atom. The average Bonchev–Trinajstić information content (AvgIpc) is 3.20. The first kappa shape index (κ1) is 19.2. The fourth-order valence-corrected chi connectivity index (χ4v) is 3.01. The van der Waals surface area contributed by atoms with Gasteiger partial charge in [0.1, 0.15) is 0 Å². The fraction of sp³-hybridized carbons (Fsp3) is 0.300. The quantitative estimate of drug-likeness (QED) is 0.681. The Labute approximate surface area is 163 Å². The molecule has 0 radical (unpaired) electrons. The molecule has 0 aromatic heterocycles. The molecule has 3 N–H and O–H groups in total. The molecule has 3 rings (SSSR count). The van der Waals surface area contributed by atoms with E-state index in [-0.39, 0.29) is 24.5 Å². The Balaban J connectivity index is 1.50. The number of rotatable bonds is 7. The Hall–Kier alpha value is -2.57. The monoisotopic (exact) mass is 387 g/mol. The first-order valence-corrected chi connectivity index (χ1v) is 9.28. The Morgan fingerprint density at radius 1 is 1.15 bits per heavy atom. The van der Waals surface area contributed by atoms with Crippen LogP contribution >= 0.6 is 11.6 Å². The van der Waals surface area contributed by atoms with Crippen LogP contribution in [-0.2, 0) is 9.53 Å². The number of anilines is 2. The van der Waals surface area contributed by atoms with Gasteiger partial charge in [0.05, 0.1) is 23.4 Å². The highest BCUT2D eigenvalue weighted by molar-refractivity contribution is 6.33. The van der Waals surface area contributed by atoms with E-state index >= 15 is 0 Å². The van der Waals surface area contributed by atoms with Gasteiger partial charge in [-0.05, 0) is 43.2 Å². The number of hydrogen-bond acceptors (Lipinski definition) is 4. The van der Waals surface area contributed by atoms with E-state index in [9.17, 15) is 9.59 Å². The molecule has 0 aliphatic carbocycles. The summed E-state index contributed by atoms with van der Waals surface area (Å²) >= 11 is 6.03. The van der Waals surface area contributed by atoms with E-state index in [1.54, 1.807) is 48.5 Å². The summed E-state index contributed by atoms with van der Waals surface area (Å²) < 4.78 is 5.50. The number of nitrogens with one attached hydrogen (secondary N) is 3. The van der Waals surface area contributed by atoms with Crippen molar-refractivity contribution in [3.63, 3.8) is 0 Å². The summed E-state index contributed by atoms with van der Waals surface area (Å²) in [6, 6.07) is 14.1. The van der Waals surface area contributed by atoms with Crippen LogP contribution < -0.4 is 16.0 Å². The maximum absolute atomic E-state index is 12.3. The molecule has 1 aliphatic rings. The molecule has 142 valence electrons. The molecule has 1 atom stereocenters. The lowest BCUT2D eigenvalue weighted by atomic mass is 10.1. The first-order chi connectivity index (χ1) is 13.1. The molecule has 0 saturated carbocycles. The van der Waals surface area contributed by atoms with Crippen molar-refractivity contribution >= 4 is 34.8 Å². The van der Waals surface area contributed by atoms with Crippen molar-refractivity contribution in [3.05, 3.63) is 59.1 Å². The van der Waals surface area contributed by atoms with Gasteiger partial charge >= 0.3 is 0 Å². The van der Waals surface area contributed by atoms with Gasteiger partial charge in [-0.15, -0.1) is 0 Å². The number of ether oxygens (including phenoxy) is 1. The number of para-hydroxylation sites is 1. The van der Waals surface area contributed by atoms with Gasteiger partial charge in [-0.3, -0.25) is 9.59 Å². The van der Waals surface area contributed by atoms with Gasteiger partial charge < -0.3 is 20.7 Å². The highest BCUT2D eigenvalue weighted by atomic mass is 35.5. The van der Waals surface area contributed by atoms with Gasteiger partial charge in [0.15, 0.2) is 0 Å². The summed E-state index contributed by atoms with van der Waals surface area (Å²) in [4.78, 5) is 24.4. The number of benzene rings is 2. The van der Waals surface area contributed by atoms with E-state index in [1.807, 2.05) is 0 Å². The largest absolute Gasteiger partial charge is 0.376 e. The van der Waals surface area contributed by atoms with Crippen LogP contribution in [0.15, 0.2) is 48.5 Å². The number of hydrogen-bond donors (Lipinski definition) is 3. The van der Waals surface area contributed by atoms with Crippen molar-refractivity contribution in [3.8, 4) is 0 Å². The Kier molecular flexibility index (Phi) is 6.68. The van der Waals surface area contributed by atoms with Crippen LogP contribution in [0.1, 0.15) is 23.2 Å². The van der Waals surface area contributed by atoms with E-state index in [1.165, 1.54) is 0 Å². The van der Waals surface area contributed by atoms with Crippen LogP contribution in [0.3, 0.4) is 0 Å². The molecule has 2 aromatic carbocycles. The average molecular weight is 388 g/mol. The van der Waals surface area contributed by atoms with Gasteiger partial charge in [-0.1, -0.05) is 29.8 Å². The lowest BCUT2D eigenvalue weighted by Crippen LogP contribution is -2.31. The number of carbonyl (C=O) groups excluding carboxylic acids is 2. The minimum atomic E-state index is -0.226. The second kappa shape index (κ2) is 9.39. The summed E-state index contributed by atoms with van der Waals surface area (Å²) in [6.45, 7) is 1.33. The molecule has 1 unspecified atom stereocenters. The van der Waals surface area contributed by atoms with Crippen molar-refractivity contribution in [2.75, 3.05) is 30.3 Å². The van der Waals surface area contributed by atoms with Crippen LogP contribution in [0.2, 0.25) is 5.02 Å². The molecule has 2 aromatic rings. The second-order valence-corrected chi connectivity index (χ2v) is 6.71. The van der Waals surface area contributed by atoms with Crippen molar-refractivity contribution in [2.24, 2.45) is 0 Å². The van der Waals surface area contributed by atoms with Gasteiger partial charge in [0, 0.05) is 24.4 Å². The predicted octanol–water partition coefficient (Wildman–Crippen LogP) is 3.30. The summed E-state index contributed by atoms with van der Waals surface area (Å²) in [5.41, 5.74) is 1.78. The normalized spacial score (nSPS) is 16.0. The van der Waals surface area contributed by atoms with Gasteiger partial charge in [-0.25, -0.2) is 0 Å². The van der Waals surface area contributed by atoms with Crippen LogP contribution in [0.25, 0.3) is 0 Å². The highest BCUT2D eigenvalue weighted by Gasteiger charge is 2.16. The molecule has 0 bridgehead atoms. The van der Waals surface area contributed by atoms with E-state index in [0.29, 0.717) is 28.5 Å². The zero-order chi connectivity index (χ0) is 19.1. The topological polar surface area (TPSA) is 79.5 Å². The molecule has 7 heteroatoms. The summed E-state index contributed by atoms with van der Waals surface area (Å²) in [6.07, 6.45) is 2.11. The molecule has 6 nitrogen and oxygen atoms in total. The molecule has 1 heterocycles. The number of amides is 2. The highest BCUT2D eigenvalue weighted by Crippen LogP contribution is 2.20. The number of carbonyl (C=O) groups is 2. The standard InChI is InChI=1S/C20H22ClN3O3/c21-17-8-1-2-9-18(17)24-19(25)13-22-15-6-3-5-14(11-15)20(26)23-12-16-7-4-10-27-16/h1-3,5-6,8-9,11,16,22H,4,7,10,12-13H2,(H,23,26)(H,24,25). The van der Waals surface area contributed by atoms with E-state index in [0.717, 1.165) is 19.4 Å². The van der Waals surface area contributed by atoms with Crippen LogP contribution in [0.4, 0.5) is 11.4 Å². The van der Waals surface area contributed by atoms with Crippen LogP contribution in [0, 0.1) is 0 Å². The summed E-state index contributed by atoms with van der Waals surface area (Å²) in [7, 11) is 0. The molecular weight excluding hydrogens is 366 g/mol. The van der Waals surface area contributed by atoms with Crippen molar-refractivity contribution in [1.29, 1.82) is 0 Å². The minimum absolute atomic E-state index is 0.0617. The molecule has 2 amide bonds. The predicted molar refractivity (Wildman–Crippen MR) is 106 cm³/mol. The SMILES string of the molecule is O=C(CNc1cccc(C(=O)NCC2CCCO2)c1)Nc1ccccc1Cl. The molecule has 27 heavy (non-hydrogen) atoms. The molecule has 0 spiro atoms. The van der Waals surface area contributed by atoms with Gasteiger partial charge in [0.25, 0.3) is 5.91 Å². The molecule has 1 saturated heterocycles. The third-order valence-electron chi connectivity index (χ3n) is 4.24. The smallest absolute Gasteiger partial charge is 0.251 e. The zero-order valence-corrected chi connectivity index (χ0v) is 15.6. The molecule has 1 aliphatic heterocycles. The second-order valence-electron chi connectivity index (χ2n) is 6.31. The third-order valence-corrected chi connectivity index (χ3v) is 4.57. The van der Waals surface area contributed by atoms with Gasteiger partial charge in [0.2, 0.25) is 5.91 Å². The maximum atomic E-state index is 12.3. The van der Waals surface area contributed by atoms with E-state index in [2.05, 4.69) is 16.0 Å². The third kappa shape index (κ3) is 5.70. The van der Waals surface area contributed by atoms with Crippen LogP contribution in [-0.4, -0.2) is 37.6 Å². The summed E-state index contributed by atoms with van der Waals surface area (Å²) in [5, 5.41) is 9.13. The minimum Gasteiger partial charge on any atom is -0.376 e. The summed E-state index contributed by atoms with van der Waals surface area (Å²) in [5.74, 6) is -0.383. The number of halogens is 1. The van der Waals surface area contributed by atoms with Crippen LogP contribution in [0.5, 0.6) is 0 Å². The first-order valence-electron chi connectivity index (χ1n) is 8.90. The lowest BCUT2D eigenvalue weighted by Gasteiger charge is -2.12. The van der Waals surface area contributed by atoms with E-state index in [4.69, 9.17) is 16.3 Å². The van der Waals surface area contributed by atoms with Crippen molar-refractivity contribution in [2.45, 2.75) is 18.9 Å². The van der Waals surface area contributed by atoms with Gasteiger partial charge in [-0.2, -0.15) is 0 Å². The molecular formula is C20H22ClN3O3.